The maximum Gasteiger partial charge on any atom is 0.0324 e. The average Bonchev–Trinajstić information content (AvgIpc) is 2.19. The summed E-state index contributed by atoms with van der Waals surface area (Å²) in [5.74, 6) is 6.15. The maximum atomic E-state index is 5.65. The summed E-state index contributed by atoms with van der Waals surface area (Å²) in [5.41, 5.74) is 4.31. The summed E-state index contributed by atoms with van der Waals surface area (Å²) >= 11 is 0. The molecule has 0 aliphatic rings. The molecule has 0 aromatic heterocycles. The van der Waals surface area contributed by atoms with E-state index in [1.807, 2.05) is 6.07 Å². The minimum Gasteiger partial charge on any atom is -0.271 e. The summed E-state index contributed by atoms with van der Waals surface area (Å²) in [7, 11) is 0. The number of hydrogen-bond donors (Lipinski definition) is 2. The normalized spacial score (nSPS) is 14.3. The number of nitrogens with one attached hydrogen (secondary N) is 1. The van der Waals surface area contributed by atoms with Crippen LogP contribution in [0.3, 0.4) is 0 Å². The molecule has 0 spiro atoms. The van der Waals surface area contributed by atoms with Crippen molar-refractivity contribution in [1.29, 1.82) is 0 Å². The molecule has 0 bridgehead atoms. The number of nitrogens with two attached hydrogens (primary N) is 1. The predicted molar refractivity (Wildman–Crippen MR) is 65.4 cm³/mol. The van der Waals surface area contributed by atoms with Crippen molar-refractivity contribution in [3.63, 3.8) is 0 Å². The van der Waals surface area contributed by atoms with Gasteiger partial charge in [-0.1, -0.05) is 58.0 Å². The Hall–Kier alpha value is -0.860. The summed E-state index contributed by atoms with van der Waals surface area (Å²) in [6.07, 6.45) is 0. The SMILES string of the molecule is CC(C)C(NN)C(C)(C)c1ccccc1. The Morgan fingerprint density at radius 2 is 1.67 bits per heavy atom. The molecule has 1 unspecified atom stereocenters. The van der Waals surface area contributed by atoms with Crippen LogP contribution < -0.4 is 11.3 Å². The van der Waals surface area contributed by atoms with Crippen LogP contribution in [-0.4, -0.2) is 6.04 Å². The Labute approximate surface area is 92.8 Å². The van der Waals surface area contributed by atoms with Gasteiger partial charge in [0, 0.05) is 11.5 Å². The first-order chi connectivity index (χ1) is 7.00. The lowest BCUT2D eigenvalue weighted by Crippen LogP contribution is -2.51. The molecule has 0 fully saturated rings. The fourth-order valence-corrected chi connectivity index (χ4v) is 2.28. The summed E-state index contributed by atoms with van der Waals surface area (Å²) in [6.45, 7) is 8.84. The van der Waals surface area contributed by atoms with Crippen LogP contribution in [0.1, 0.15) is 33.3 Å². The highest BCUT2D eigenvalue weighted by molar-refractivity contribution is 5.25. The van der Waals surface area contributed by atoms with Crippen LogP contribution >= 0.6 is 0 Å². The molecule has 84 valence electrons. The Morgan fingerprint density at radius 1 is 1.13 bits per heavy atom. The highest BCUT2D eigenvalue weighted by Crippen LogP contribution is 2.30. The quantitative estimate of drug-likeness (QED) is 0.586. The standard InChI is InChI=1S/C13H22N2/c1-10(2)12(15-14)13(3,4)11-8-6-5-7-9-11/h5-10,12,15H,14H2,1-4H3. The molecule has 0 aliphatic heterocycles. The van der Waals surface area contributed by atoms with Crippen LogP contribution in [-0.2, 0) is 5.41 Å². The summed E-state index contributed by atoms with van der Waals surface area (Å²) in [4.78, 5) is 0. The minimum atomic E-state index is 0.0458. The van der Waals surface area contributed by atoms with E-state index in [1.54, 1.807) is 0 Å². The van der Waals surface area contributed by atoms with Crippen molar-refractivity contribution in [2.24, 2.45) is 11.8 Å². The zero-order chi connectivity index (χ0) is 11.5. The Morgan fingerprint density at radius 3 is 2.07 bits per heavy atom. The van der Waals surface area contributed by atoms with Gasteiger partial charge in [-0.2, -0.15) is 0 Å². The number of hydrazine groups is 1. The topological polar surface area (TPSA) is 38.0 Å². The maximum absolute atomic E-state index is 5.65. The molecule has 2 nitrogen and oxygen atoms in total. The molecule has 0 amide bonds. The van der Waals surface area contributed by atoms with Crippen LogP contribution in [0, 0.1) is 5.92 Å². The van der Waals surface area contributed by atoms with E-state index in [9.17, 15) is 0 Å². The molecule has 1 atom stereocenters. The molecule has 15 heavy (non-hydrogen) atoms. The third-order valence-electron chi connectivity index (χ3n) is 3.14. The highest BCUT2D eigenvalue weighted by Gasteiger charge is 2.32. The van der Waals surface area contributed by atoms with Gasteiger partial charge in [-0.05, 0) is 11.5 Å². The lowest BCUT2D eigenvalue weighted by atomic mass is 9.74. The average molecular weight is 206 g/mol. The van der Waals surface area contributed by atoms with E-state index in [0.717, 1.165) is 0 Å². The van der Waals surface area contributed by atoms with Crippen LogP contribution in [0.2, 0.25) is 0 Å². The second-order valence-electron chi connectivity index (χ2n) is 4.98. The Balaban J connectivity index is 3.00. The van der Waals surface area contributed by atoms with E-state index >= 15 is 0 Å². The molecule has 0 radical (unpaired) electrons. The van der Waals surface area contributed by atoms with E-state index in [4.69, 9.17) is 5.84 Å². The van der Waals surface area contributed by atoms with Gasteiger partial charge in [-0.25, -0.2) is 0 Å². The van der Waals surface area contributed by atoms with E-state index in [-0.39, 0.29) is 11.5 Å². The van der Waals surface area contributed by atoms with Crippen LogP contribution in [0.15, 0.2) is 30.3 Å². The smallest absolute Gasteiger partial charge is 0.0324 e. The first-order valence-electron chi connectivity index (χ1n) is 5.51. The summed E-state index contributed by atoms with van der Waals surface area (Å²) in [5, 5.41) is 0. The molecular weight excluding hydrogens is 184 g/mol. The van der Waals surface area contributed by atoms with Gasteiger partial charge >= 0.3 is 0 Å². The predicted octanol–water partition coefficient (Wildman–Crippen LogP) is 2.45. The molecule has 1 aromatic rings. The van der Waals surface area contributed by atoms with Gasteiger partial charge in [0.25, 0.3) is 0 Å². The molecule has 3 N–H and O–H groups in total. The van der Waals surface area contributed by atoms with Gasteiger partial charge in [0.05, 0.1) is 0 Å². The van der Waals surface area contributed by atoms with E-state index in [0.29, 0.717) is 5.92 Å². The fourth-order valence-electron chi connectivity index (χ4n) is 2.28. The van der Waals surface area contributed by atoms with E-state index < -0.39 is 0 Å². The molecule has 0 saturated carbocycles. The van der Waals surface area contributed by atoms with Crippen molar-refractivity contribution in [3.05, 3.63) is 35.9 Å². The first-order valence-corrected chi connectivity index (χ1v) is 5.51. The largest absolute Gasteiger partial charge is 0.271 e. The van der Waals surface area contributed by atoms with Crippen molar-refractivity contribution in [2.45, 2.75) is 39.2 Å². The van der Waals surface area contributed by atoms with Crippen molar-refractivity contribution in [3.8, 4) is 0 Å². The van der Waals surface area contributed by atoms with Crippen molar-refractivity contribution in [2.75, 3.05) is 0 Å². The Bertz CT molecular complexity index is 291. The van der Waals surface area contributed by atoms with Gasteiger partial charge in [-0.15, -0.1) is 0 Å². The van der Waals surface area contributed by atoms with Gasteiger partial charge in [0.15, 0.2) is 0 Å². The monoisotopic (exact) mass is 206 g/mol. The lowest BCUT2D eigenvalue weighted by molar-refractivity contribution is 0.273. The van der Waals surface area contributed by atoms with Gasteiger partial charge in [0.2, 0.25) is 0 Å². The number of hydrogen-bond acceptors (Lipinski definition) is 2. The molecule has 0 heterocycles. The lowest BCUT2D eigenvalue weighted by Gasteiger charge is -2.37. The highest BCUT2D eigenvalue weighted by atomic mass is 15.2. The summed E-state index contributed by atoms with van der Waals surface area (Å²) < 4.78 is 0. The molecule has 1 aromatic carbocycles. The van der Waals surface area contributed by atoms with Gasteiger partial charge in [0.1, 0.15) is 0 Å². The first kappa shape index (κ1) is 12.2. The van der Waals surface area contributed by atoms with Crippen molar-refractivity contribution < 1.29 is 0 Å². The van der Waals surface area contributed by atoms with E-state index in [1.165, 1.54) is 5.56 Å². The molecule has 0 saturated heterocycles. The summed E-state index contributed by atoms with van der Waals surface area (Å²) in [6, 6.07) is 10.8. The van der Waals surface area contributed by atoms with Crippen molar-refractivity contribution >= 4 is 0 Å². The second kappa shape index (κ2) is 4.77. The zero-order valence-corrected chi connectivity index (χ0v) is 10.1. The zero-order valence-electron chi connectivity index (χ0n) is 10.1. The van der Waals surface area contributed by atoms with E-state index in [2.05, 4.69) is 57.4 Å². The van der Waals surface area contributed by atoms with Gasteiger partial charge < -0.3 is 0 Å². The molecule has 0 aliphatic carbocycles. The van der Waals surface area contributed by atoms with Gasteiger partial charge in [-0.3, -0.25) is 11.3 Å². The van der Waals surface area contributed by atoms with Crippen LogP contribution in [0.4, 0.5) is 0 Å². The van der Waals surface area contributed by atoms with Crippen LogP contribution in [0.25, 0.3) is 0 Å². The fraction of sp³-hybridized carbons (Fsp3) is 0.538. The molecular formula is C13H22N2. The van der Waals surface area contributed by atoms with Crippen LogP contribution in [0.5, 0.6) is 0 Å². The molecule has 2 heteroatoms. The number of rotatable bonds is 4. The second-order valence-corrected chi connectivity index (χ2v) is 4.98. The third kappa shape index (κ3) is 2.58. The minimum absolute atomic E-state index is 0.0458. The molecule has 1 rings (SSSR count). The number of benzene rings is 1. The third-order valence-corrected chi connectivity index (χ3v) is 3.14. The Kier molecular flexibility index (Phi) is 3.89. The van der Waals surface area contributed by atoms with Crippen molar-refractivity contribution in [1.82, 2.24) is 5.43 Å².